The Morgan fingerprint density at radius 2 is 2.11 bits per heavy atom. The molecule has 38 heavy (non-hydrogen) atoms. The Balaban J connectivity index is 1.49. The van der Waals surface area contributed by atoms with E-state index in [1.54, 1.807) is 19.9 Å². The van der Waals surface area contributed by atoms with Crippen molar-refractivity contribution >= 4 is 22.6 Å². The number of anilines is 1. The Morgan fingerprint density at radius 1 is 1.34 bits per heavy atom. The molecule has 12 heteroatoms. The fourth-order valence-electron chi connectivity index (χ4n) is 4.76. The summed E-state index contributed by atoms with van der Waals surface area (Å²) in [5.41, 5.74) is 0.524. The molecule has 1 fully saturated rings. The summed E-state index contributed by atoms with van der Waals surface area (Å²) in [6.45, 7) is 1.65. The third-order valence-corrected chi connectivity index (χ3v) is 6.76. The van der Waals surface area contributed by atoms with E-state index in [2.05, 4.69) is 15.3 Å². The topological polar surface area (TPSA) is 96.8 Å². The average Bonchev–Trinajstić information content (AvgIpc) is 3.36. The molecular formula is C26H26F4N4O4. The molecule has 2 aromatic carbocycles. The number of aliphatic hydroxyl groups is 1. The van der Waals surface area contributed by atoms with Crippen LogP contribution in [0.1, 0.15) is 35.5 Å². The minimum atomic E-state index is -3.73. The molecule has 0 radical (unpaired) electrons. The first-order chi connectivity index (χ1) is 18.1. The van der Waals surface area contributed by atoms with Crippen molar-refractivity contribution in [3.63, 3.8) is 0 Å². The van der Waals surface area contributed by atoms with Crippen LogP contribution in [0.5, 0.6) is 11.5 Å². The molecule has 0 saturated carbocycles. The maximum atomic E-state index is 15.1. The first kappa shape index (κ1) is 26.0. The van der Waals surface area contributed by atoms with Crippen molar-refractivity contribution in [3.05, 3.63) is 52.6 Å². The number of ether oxygens (including phenoxy) is 2. The largest absolute Gasteiger partial charge is 0.489 e. The summed E-state index contributed by atoms with van der Waals surface area (Å²) in [7, 11) is 0. The number of aromatic nitrogens is 2. The lowest BCUT2D eigenvalue weighted by Crippen LogP contribution is -2.56. The molecular weight excluding hydrogens is 508 g/mol. The third-order valence-electron chi connectivity index (χ3n) is 6.76. The van der Waals surface area contributed by atoms with Crippen molar-refractivity contribution < 1.29 is 36.9 Å². The number of aliphatic hydroxyl groups excluding tert-OH is 1. The number of amides is 1. The molecule has 1 aromatic heterocycles. The Morgan fingerprint density at radius 3 is 2.82 bits per heavy atom. The normalized spacial score (nSPS) is 16.1. The van der Waals surface area contributed by atoms with Crippen LogP contribution in [0, 0.1) is 12.7 Å². The highest BCUT2D eigenvalue weighted by molar-refractivity contribution is 5.95. The van der Waals surface area contributed by atoms with Gasteiger partial charge in [-0.15, -0.1) is 0 Å². The molecule has 0 bridgehead atoms. The van der Waals surface area contributed by atoms with Crippen LogP contribution >= 0.6 is 0 Å². The number of hydrogen-bond donors (Lipinski definition) is 2. The lowest BCUT2D eigenvalue weighted by molar-refractivity contribution is -0.140. The van der Waals surface area contributed by atoms with E-state index < -0.39 is 42.5 Å². The van der Waals surface area contributed by atoms with Crippen LogP contribution in [0.25, 0.3) is 10.9 Å². The second-order valence-electron chi connectivity index (χ2n) is 9.41. The monoisotopic (exact) mass is 534 g/mol. The van der Waals surface area contributed by atoms with E-state index in [0.29, 0.717) is 47.1 Å². The number of alkyl halides is 3. The molecule has 8 nitrogen and oxygen atoms in total. The molecule has 0 aliphatic carbocycles. The van der Waals surface area contributed by atoms with Gasteiger partial charge in [-0.1, -0.05) is 12.1 Å². The van der Waals surface area contributed by atoms with E-state index in [4.69, 9.17) is 14.6 Å². The Kier molecular flexibility index (Phi) is 6.76. The SMILES string of the molecule is Cc1nc(N[C@H](C)c2cccc(C(F)(F)CO)c2F)c2cc(OC3CN(C(=O)CF)C3)c3c(c2n1)CCO3. The van der Waals surface area contributed by atoms with Crippen LogP contribution in [0.2, 0.25) is 0 Å². The zero-order valence-corrected chi connectivity index (χ0v) is 20.7. The molecule has 2 aliphatic heterocycles. The molecule has 1 amide bonds. The first-order valence-corrected chi connectivity index (χ1v) is 12.1. The molecule has 2 aliphatic rings. The lowest BCUT2D eigenvalue weighted by Gasteiger charge is -2.38. The Hall–Kier alpha value is -3.67. The van der Waals surface area contributed by atoms with Crippen molar-refractivity contribution in [1.82, 2.24) is 14.9 Å². The summed E-state index contributed by atoms with van der Waals surface area (Å²) in [5, 5.41) is 12.7. The number of benzene rings is 2. The molecule has 1 atom stereocenters. The maximum Gasteiger partial charge on any atom is 0.298 e. The van der Waals surface area contributed by atoms with E-state index in [9.17, 15) is 18.0 Å². The molecule has 0 unspecified atom stereocenters. The van der Waals surface area contributed by atoms with Gasteiger partial charge in [0.05, 0.1) is 36.8 Å². The summed E-state index contributed by atoms with van der Waals surface area (Å²) in [6.07, 6.45) is 0.224. The van der Waals surface area contributed by atoms with Crippen LogP contribution in [-0.2, 0) is 17.1 Å². The molecule has 3 aromatic rings. The Bertz CT molecular complexity index is 1400. The zero-order chi connectivity index (χ0) is 27.2. The summed E-state index contributed by atoms with van der Waals surface area (Å²) in [6, 6.07) is 4.57. The molecule has 1 saturated heterocycles. The number of aryl methyl sites for hydroxylation is 1. The number of hydrogen-bond acceptors (Lipinski definition) is 7. The highest BCUT2D eigenvalue weighted by Gasteiger charge is 2.36. The summed E-state index contributed by atoms with van der Waals surface area (Å²) < 4.78 is 67.8. The zero-order valence-electron chi connectivity index (χ0n) is 20.7. The fourth-order valence-corrected chi connectivity index (χ4v) is 4.76. The van der Waals surface area contributed by atoms with Gasteiger partial charge >= 0.3 is 0 Å². The van der Waals surface area contributed by atoms with E-state index in [1.807, 2.05) is 0 Å². The van der Waals surface area contributed by atoms with Gasteiger partial charge < -0.3 is 24.8 Å². The minimum absolute atomic E-state index is 0.0203. The molecule has 3 heterocycles. The van der Waals surface area contributed by atoms with Gasteiger partial charge in [-0.2, -0.15) is 8.78 Å². The van der Waals surface area contributed by atoms with E-state index >= 15 is 4.39 Å². The van der Waals surface area contributed by atoms with Crippen molar-refractivity contribution in [2.75, 3.05) is 38.3 Å². The summed E-state index contributed by atoms with van der Waals surface area (Å²) >= 11 is 0. The van der Waals surface area contributed by atoms with Gasteiger partial charge in [0.25, 0.3) is 11.8 Å². The van der Waals surface area contributed by atoms with E-state index in [0.717, 1.165) is 11.6 Å². The number of nitrogens with zero attached hydrogens (tertiary/aromatic N) is 3. The number of fused-ring (bicyclic) bond motifs is 3. The Labute approximate surface area is 215 Å². The van der Waals surface area contributed by atoms with Gasteiger partial charge in [0.2, 0.25) is 0 Å². The fraction of sp³-hybridized carbons (Fsp3) is 0.423. The second kappa shape index (κ2) is 9.90. The number of likely N-dealkylation sites (tertiary alicyclic amines) is 1. The van der Waals surface area contributed by atoms with Crippen molar-refractivity contribution in [2.24, 2.45) is 0 Å². The first-order valence-electron chi connectivity index (χ1n) is 12.1. The number of halogens is 4. The summed E-state index contributed by atoms with van der Waals surface area (Å²) in [4.78, 5) is 22.0. The summed E-state index contributed by atoms with van der Waals surface area (Å²) in [5.74, 6) is -3.69. The predicted molar refractivity (Wildman–Crippen MR) is 130 cm³/mol. The number of carbonyl (C=O) groups excluding carboxylic acids is 1. The molecule has 5 rings (SSSR count). The number of rotatable bonds is 8. The highest BCUT2D eigenvalue weighted by Crippen LogP contribution is 2.43. The van der Waals surface area contributed by atoms with Crippen LogP contribution < -0.4 is 14.8 Å². The predicted octanol–water partition coefficient (Wildman–Crippen LogP) is 3.83. The van der Waals surface area contributed by atoms with Crippen LogP contribution in [0.4, 0.5) is 23.4 Å². The lowest BCUT2D eigenvalue weighted by atomic mass is 10.00. The van der Waals surface area contributed by atoms with E-state index in [-0.39, 0.29) is 24.8 Å². The molecule has 202 valence electrons. The van der Waals surface area contributed by atoms with Crippen LogP contribution in [0.3, 0.4) is 0 Å². The van der Waals surface area contributed by atoms with Gasteiger partial charge in [0.1, 0.15) is 30.2 Å². The van der Waals surface area contributed by atoms with Gasteiger partial charge in [0, 0.05) is 22.9 Å². The van der Waals surface area contributed by atoms with Gasteiger partial charge in [-0.25, -0.2) is 18.7 Å². The standard InChI is InChI=1S/C26H26F4N4O4/c1-13(16-4-3-5-19(22(16)28)26(29,30)12-35)31-25-18-8-20(38-15-10-34(11-15)21(36)9-27)24-17(6-7-37-24)23(18)32-14(2)33-25/h3-5,8,13,15,35H,6-7,9-12H2,1-2H3,(H,31,32,33)/t13-/m1/s1. The average molecular weight is 535 g/mol. The molecule has 0 spiro atoms. The van der Waals surface area contributed by atoms with Crippen LogP contribution in [-0.4, -0.2) is 65.0 Å². The number of carbonyl (C=O) groups is 1. The van der Waals surface area contributed by atoms with Crippen LogP contribution in [0.15, 0.2) is 24.3 Å². The van der Waals surface area contributed by atoms with Crippen molar-refractivity contribution in [2.45, 2.75) is 38.3 Å². The van der Waals surface area contributed by atoms with Gasteiger partial charge in [-0.05, 0) is 26.0 Å². The molecule has 2 N–H and O–H groups in total. The van der Waals surface area contributed by atoms with Gasteiger partial charge in [0.15, 0.2) is 18.2 Å². The second-order valence-corrected chi connectivity index (χ2v) is 9.41. The van der Waals surface area contributed by atoms with Gasteiger partial charge in [-0.3, -0.25) is 4.79 Å². The smallest absolute Gasteiger partial charge is 0.298 e. The van der Waals surface area contributed by atoms with Crippen molar-refractivity contribution in [3.8, 4) is 11.5 Å². The third kappa shape index (κ3) is 4.57. The van der Waals surface area contributed by atoms with Crippen molar-refractivity contribution in [1.29, 1.82) is 0 Å². The minimum Gasteiger partial charge on any atom is -0.489 e. The maximum absolute atomic E-state index is 15.1. The quantitative estimate of drug-likeness (QED) is 0.424. The number of nitrogens with one attached hydrogen (secondary N) is 1. The highest BCUT2D eigenvalue weighted by atomic mass is 19.3. The van der Waals surface area contributed by atoms with E-state index in [1.165, 1.54) is 17.0 Å².